The quantitative estimate of drug-likeness (QED) is 0.736. The van der Waals surface area contributed by atoms with E-state index in [1.807, 2.05) is 16.8 Å². The number of hydrogen-bond acceptors (Lipinski definition) is 3. The summed E-state index contributed by atoms with van der Waals surface area (Å²) in [7, 11) is 0. The highest BCUT2D eigenvalue weighted by Gasteiger charge is 2.06. The van der Waals surface area contributed by atoms with Crippen LogP contribution in [-0.2, 0) is 11.2 Å². The molecule has 0 saturated carbocycles. The molecule has 0 aliphatic carbocycles. The molecule has 5 heteroatoms. The van der Waals surface area contributed by atoms with Gasteiger partial charge in [-0.15, -0.1) is 0 Å². The van der Waals surface area contributed by atoms with Gasteiger partial charge in [0.25, 0.3) is 6.43 Å². The molecule has 0 saturated heterocycles. The molecule has 1 aromatic heterocycles. The van der Waals surface area contributed by atoms with Crippen LogP contribution < -0.4 is 5.73 Å². The van der Waals surface area contributed by atoms with Gasteiger partial charge in [0, 0.05) is 12.6 Å². The third kappa shape index (κ3) is 5.81. The number of alkyl halides is 2. The van der Waals surface area contributed by atoms with Crippen LogP contribution in [0, 0.1) is 0 Å². The van der Waals surface area contributed by atoms with Crippen LogP contribution in [0.2, 0.25) is 0 Å². The van der Waals surface area contributed by atoms with Gasteiger partial charge in [-0.2, -0.15) is 11.3 Å². The highest BCUT2D eigenvalue weighted by atomic mass is 32.1. The Labute approximate surface area is 92.0 Å². The summed E-state index contributed by atoms with van der Waals surface area (Å²) in [6, 6.07) is 2.00. The van der Waals surface area contributed by atoms with Crippen molar-refractivity contribution in [3.05, 3.63) is 22.4 Å². The molecule has 2 N–H and O–H groups in total. The number of hydrogen-bond donors (Lipinski definition) is 1. The molecule has 1 aromatic rings. The molecule has 1 unspecified atom stereocenters. The highest BCUT2D eigenvalue weighted by molar-refractivity contribution is 7.07. The predicted octanol–water partition coefficient (Wildman–Crippen LogP) is 2.29. The van der Waals surface area contributed by atoms with Gasteiger partial charge >= 0.3 is 0 Å². The molecular formula is C10H15F2NOS. The average Bonchev–Trinajstić information content (AvgIpc) is 2.64. The predicted molar refractivity (Wildman–Crippen MR) is 57.4 cm³/mol. The molecule has 0 fully saturated rings. The Balaban J connectivity index is 2.06. The third-order valence-corrected chi connectivity index (χ3v) is 2.69. The molecule has 0 bridgehead atoms. The van der Waals surface area contributed by atoms with Crippen LogP contribution in [0.3, 0.4) is 0 Å². The van der Waals surface area contributed by atoms with Crippen LogP contribution in [0.15, 0.2) is 16.8 Å². The molecule has 1 atom stereocenters. The second-order valence-corrected chi connectivity index (χ2v) is 4.13. The zero-order valence-electron chi connectivity index (χ0n) is 8.36. The fourth-order valence-corrected chi connectivity index (χ4v) is 1.90. The van der Waals surface area contributed by atoms with Gasteiger partial charge in [0.2, 0.25) is 0 Å². The SMILES string of the molecule is NC(CCOCC(F)F)Cc1ccsc1. The van der Waals surface area contributed by atoms with Crippen molar-refractivity contribution in [1.29, 1.82) is 0 Å². The minimum atomic E-state index is -2.39. The van der Waals surface area contributed by atoms with Gasteiger partial charge in [-0.25, -0.2) is 8.78 Å². The fraction of sp³-hybridized carbons (Fsp3) is 0.600. The second kappa shape index (κ2) is 6.87. The molecular weight excluding hydrogens is 220 g/mol. The van der Waals surface area contributed by atoms with Gasteiger partial charge in [0.15, 0.2) is 0 Å². The van der Waals surface area contributed by atoms with Gasteiger partial charge < -0.3 is 10.5 Å². The number of ether oxygens (including phenoxy) is 1. The fourth-order valence-electron chi connectivity index (χ4n) is 1.22. The molecule has 2 nitrogen and oxygen atoms in total. The smallest absolute Gasteiger partial charge is 0.261 e. The van der Waals surface area contributed by atoms with Crippen LogP contribution in [0.1, 0.15) is 12.0 Å². The van der Waals surface area contributed by atoms with Crippen LogP contribution in [-0.4, -0.2) is 25.7 Å². The van der Waals surface area contributed by atoms with E-state index in [2.05, 4.69) is 0 Å². The van der Waals surface area contributed by atoms with Gasteiger partial charge in [0.05, 0.1) is 0 Å². The zero-order chi connectivity index (χ0) is 11.1. The zero-order valence-corrected chi connectivity index (χ0v) is 9.18. The van der Waals surface area contributed by atoms with Gasteiger partial charge in [-0.05, 0) is 35.2 Å². The van der Waals surface area contributed by atoms with Crippen molar-refractivity contribution in [2.75, 3.05) is 13.2 Å². The van der Waals surface area contributed by atoms with E-state index < -0.39 is 13.0 Å². The average molecular weight is 235 g/mol. The third-order valence-electron chi connectivity index (χ3n) is 1.95. The van der Waals surface area contributed by atoms with E-state index in [1.165, 1.54) is 5.56 Å². The lowest BCUT2D eigenvalue weighted by Gasteiger charge is -2.10. The molecule has 0 aliphatic heterocycles. The van der Waals surface area contributed by atoms with Crippen LogP contribution in [0.5, 0.6) is 0 Å². The topological polar surface area (TPSA) is 35.2 Å². The van der Waals surface area contributed by atoms with E-state index in [4.69, 9.17) is 10.5 Å². The summed E-state index contributed by atoms with van der Waals surface area (Å²) in [5.74, 6) is 0. The standard InChI is InChI=1S/C10H15F2NOS/c11-10(12)6-14-3-1-9(13)5-8-2-4-15-7-8/h2,4,7,9-10H,1,3,5-6,13H2. The van der Waals surface area contributed by atoms with E-state index in [0.29, 0.717) is 13.0 Å². The lowest BCUT2D eigenvalue weighted by atomic mass is 10.1. The van der Waals surface area contributed by atoms with Gasteiger partial charge in [0.1, 0.15) is 6.61 Å². The number of rotatable bonds is 7. The first-order chi connectivity index (χ1) is 7.18. The summed E-state index contributed by atoms with van der Waals surface area (Å²) in [4.78, 5) is 0. The maximum atomic E-state index is 11.7. The Morgan fingerprint density at radius 2 is 2.27 bits per heavy atom. The van der Waals surface area contributed by atoms with Gasteiger partial charge in [-0.1, -0.05) is 0 Å². The van der Waals surface area contributed by atoms with Crippen molar-refractivity contribution in [3.63, 3.8) is 0 Å². The Morgan fingerprint density at radius 3 is 2.87 bits per heavy atom. The first-order valence-corrected chi connectivity index (χ1v) is 5.75. The molecule has 86 valence electrons. The lowest BCUT2D eigenvalue weighted by molar-refractivity contribution is 0.0153. The van der Waals surface area contributed by atoms with Gasteiger partial charge in [-0.3, -0.25) is 0 Å². The number of halogens is 2. The maximum Gasteiger partial charge on any atom is 0.261 e. The van der Waals surface area contributed by atoms with Crippen LogP contribution in [0.4, 0.5) is 8.78 Å². The molecule has 15 heavy (non-hydrogen) atoms. The minimum absolute atomic E-state index is 0.0164. The van der Waals surface area contributed by atoms with Crippen LogP contribution >= 0.6 is 11.3 Å². The highest BCUT2D eigenvalue weighted by Crippen LogP contribution is 2.09. The monoisotopic (exact) mass is 235 g/mol. The van der Waals surface area contributed by atoms with Crippen molar-refractivity contribution in [3.8, 4) is 0 Å². The number of thiophene rings is 1. The van der Waals surface area contributed by atoms with Crippen molar-refractivity contribution < 1.29 is 13.5 Å². The second-order valence-electron chi connectivity index (χ2n) is 3.35. The molecule has 0 radical (unpaired) electrons. The molecule has 1 heterocycles. The Morgan fingerprint density at radius 1 is 1.47 bits per heavy atom. The first-order valence-electron chi connectivity index (χ1n) is 4.81. The van der Waals surface area contributed by atoms with E-state index in [-0.39, 0.29) is 6.04 Å². The summed E-state index contributed by atoms with van der Waals surface area (Å²) in [6.07, 6.45) is -0.998. The van der Waals surface area contributed by atoms with E-state index in [9.17, 15) is 8.78 Å². The van der Waals surface area contributed by atoms with E-state index in [0.717, 1.165) is 6.42 Å². The summed E-state index contributed by atoms with van der Waals surface area (Å²) >= 11 is 1.63. The molecule has 0 spiro atoms. The van der Waals surface area contributed by atoms with Crippen LogP contribution in [0.25, 0.3) is 0 Å². The van der Waals surface area contributed by atoms with Crippen molar-refractivity contribution in [1.82, 2.24) is 0 Å². The Kier molecular flexibility index (Phi) is 5.75. The summed E-state index contributed by atoms with van der Waals surface area (Å²) in [5.41, 5.74) is 7.01. The summed E-state index contributed by atoms with van der Waals surface area (Å²) in [5, 5.41) is 4.04. The van der Waals surface area contributed by atoms with E-state index in [1.54, 1.807) is 11.3 Å². The summed E-state index contributed by atoms with van der Waals surface area (Å²) < 4.78 is 28.2. The normalized spacial score (nSPS) is 13.3. The van der Waals surface area contributed by atoms with Crippen molar-refractivity contribution in [2.24, 2.45) is 5.73 Å². The molecule has 0 aliphatic rings. The largest absolute Gasteiger partial charge is 0.375 e. The molecule has 1 rings (SSSR count). The van der Waals surface area contributed by atoms with Crippen molar-refractivity contribution in [2.45, 2.75) is 25.3 Å². The Bertz CT molecular complexity index is 254. The Hall–Kier alpha value is -0.520. The lowest BCUT2D eigenvalue weighted by Crippen LogP contribution is -2.24. The number of nitrogens with two attached hydrogens (primary N) is 1. The summed E-state index contributed by atoms with van der Waals surface area (Å²) in [6.45, 7) is -0.194. The minimum Gasteiger partial charge on any atom is -0.375 e. The molecule has 0 amide bonds. The van der Waals surface area contributed by atoms with E-state index >= 15 is 0 Å². The van der Waals surface area contributed by atoms with Crippen molar-refractivity contribution >= 4 is 11.3 Å². The first kappa shape index (κ1) is 12.5. The molecule has 0 aromatic carbocycles. The maximum absolute atomic E-state index is 11.7.